The lowest BCUT2D eigenvalue weighted by Crippen LogP contribution is -2.25. The van der Waals surface area contributed by atoms with Crippen molar-refractivity contribution in [3.05, 3.63) is 52.4 Å². The van der Waals surface area contributed by atoms with E-state index < -0.39 is 0 Å². The Hall–Kier alpha value is -2.27. The number of hydrogen-bond acceptors (Lipinski definition) is 2. The fraction of sp³-hybridized carbons (Fsp3) is 0.294. The van der Waals surface area contributed by atoms with Crippen molar-refractivity contribution in [3.63, 3.8) is 0 Å². The number of nitrogens with zero attached hydrogens (tertiary/aromatic N) is 2. The van der Waals surface area contributed by atoms with Gasteiger partial charge in [-0.05, 0) is 50.6 Å². The molecule has 120 valence electrons. The number of rotatable bonds is 5. The lowest BCUT2D eigenvalue weighted by molar-refractivity contribution is 0.0948. The fourth-order valence-corrected chi connectivity index (χ4v) is 2.83. The highest BCUT2D eigenvalue weighted by molar-refractivity contribution is 6.31. The molecule has 23 heavy (non-hydrogen) atoms. The molecule has 5 nitrogen and oxygen atoms in total. The van der Waals surface area contributed by atoms with Gasteiger partial charge in [-0.3, -0.25) is 9.48 Å². The predicted molar refractivity (Wildman–Crippen MR) is 92.0 cm³/mol. The maximum Gasteiger partial charge on any atom is 0.267 e. The molecule has 2 heterocycles. The van der Waals surface area contributed by atoms with Gasteiger partial charge in [-0.2, -0.15) is 5.10 Å². The van der Waals surface area contributed by atoms with E-state index in [0.717, 1.165) is 35.3 Å². The molecule has 0 aliphatic carbocycles. The molecule has 0 saturated heterocycles. The average Bonchev–Trinajstić information content (AvgIpc) is 3.06. The van der Waals surface area contributed by atoms with Crippen molar-refractivity contribution in [2.24, 2.45) is 0 Å². The molecule has 3 aromatic rings. The minimum atomic E-state index is -0.106. The smallest absolute Gasteiger partial charge is 0.267 e. The molecule has 0 radical (unpaired) electrons. The minimum Gasteiger partial charge on any atom is -0.351 e. The first kappa shape index (κ1) is 15.6. The van der Waals surface area contributed by atoms with E-state index >= 15 is 0 Å². The summed E-state index contributed by atoms with van der Waals surface area (Å²) in [6, 6.07) is 9.38. The van der Waals surface area contributed by atoms with Gasteiger partial charge in [-0.1, -0.05) is 11.6 Å². The van der Waals surface area contributed by atoms with Crippen molar-refractivity contribution in [2.45, 2.75) is 26.8 Å². The second-order valence-electron chi connectivity index (χ2n) is 5.67. The lowest BCUT2D eigenvalue weighted by Gasteiger charge is -2.05. The first-order valence-corrected chi connectivity index (χ1v) is 7.98. The second-order valence-corrected chi connectivity index (χ2v) is 6.11. The zero-order valence-corrected chi connectivity index (χ0v) is 13.9. The van der Waals surface area contributed by atoms with Crippen molar-refractivity contribution in [3.8, 4) is 0 Å². The normalized spacial score (nSPS) is 11.1. The van der Waals surface area contributed by atoms with E-state index in [1.54, 1.807) is 6.07 Å². The molecule has 0 aliphatic heterocycles. The molecule has 3 rings (SSSR count). The van der Waals surface area contributed by atoms with Gasteiger partial charge in [0.1, 0.15) is 5.69 Å². The first-order valence-electron chi connectivity index (χ1n) is 7.60. The summed E-state index contributed by atoms with van der Waals surface area (Å²) >= 11 is 5.96. The molecule has 0 unspecified atom stereocenters. The zero-order valence-electron chi connectivity index (χ0n) is 13.2. The number of benzene rings is 1. The number of amides is 1. The summed E-state index contributed by atoms with van der Waals surface area (Å²) in [4.78, 5) is 15.3. The van der Waals surface area contributed by atoms with Gasteiger partial charge < -0.3 is 10.3 Å². The van der Waals surface area contributed by atoms with E-state index in [1.807, 2.05) is 42.8 Å². The number of carbonyl (C=O) groups excluding carboxylic acids is 1. The Morgan fingerprint density at radius 3 is 2.87 bits per heavy atom. The summed E-state index contributed by atoms with van der Waals surface area (Å²) in [6.07, 6.45) is 0.833. The van der Waals surface area contributed by atoms with Gasteiger partial charge in [-0.25, -0.2) is 0 Å². The molecule has 0 fully saturated rings. The van der Waals surface area contributed by atoms with Crippen LogP contribution in [0.4, 0.5) is 0 Å². The number of aryl methyl sites for hydroxylation is 3. The van der Waals surface area contributed by atoms with Gasteiger partial charge >= 0.3 is 0 Å². The Bertz CT molecular complexity index is 850. The zero-order chi connectivity index (χ0) is 16.4. The van der Waals surface area contributed by atoms with Gasteiger partial charge in [0.05, 0.1) is 5.69 Å². The van der Waals surface area contributed by atoms with E-state index in [4.69, 9.17) is 11.6 Å². The molecule has 0 aliphatic rings. The van der Waals surface area contributed by atoms with Crippen LogP contribution in [-0.4, -0.2) is 27.2 Å². The van der Waals surface area contributed by atoms with Crippen LogP contribution in [0.2, 0.25) is 5.02 Å². The molecule has 0 spiro atoms. The molecular weight excluding hydrogens is 312 g/mol. The molecule has 0 atom stereocenters. The Kier molecular flexibility index (Phi) is 4.39. The molecular formula is C17H19ClN4O. The standard InChI is InChI=1S/C17H19ClN4O/c1-11-8-12(2)22(21-11)7-3-6-19-17(23)16-10-13-9-14(18)4-5-15(13)20-16/h4-5,8-10,20H,3,6-7H2,1-2H3,(H,19,23). The predicted octanol–water partition coefficient (Wildman–Crippen LogP) is 3.45. The molecule has 2 aromatic heterocycles. The highest BCUT2D eigenvalue weighted by Crippen LogP contribution is 2.20. The number of H-pyrrole nitrogens is 1. The van der Waals surface area contributed by atoms with Crippen LogP contribution in [0.15, 0.2) is 30.3 Å². The Labute approximate surface area is 139 Å². The van der Waals surface area contributed by atoms with Crippen molar-refractivity contribution in [1.82, 2.24) is 20.1 Å². The number of carbonyl (C=O) groups is 1. The third kappa shape index (κ3) is 3.56. The second kappa shape index (κ2) is 6.46. The van der Waals surface area contributed by atoms with E-state index in [9.17, 15) is 4.79 Å². The monoisotopic (exact) mass is 330 g/mol. The first-order chi connectivity index (χ1) is 11.0. The fourth-order valence-electron chi connectivity index (χ4n) is 2.65. The summed E-state index contributed by atoms with van der Waals surface area (Å²) < 4.78 is 1.96. The van der Waals surface area contributed by atoms with Crippen LogP contribution >= 0.6 is 11.6 Å². The number of hydrogen-bond donors (Lipinski definition) is 2. The molecule has 1 amide bonds. The van der Waals surface area contributed by atoms with Crippen molar-refractivity contribution in [1.29, 1.82) is 0 Å². The van der Waals surface area contributed by atoms with Crippen LogP contribution in [0, 0.1) is 13.8 Å². The summed E-state index contributed by atoms with van der Waals surface area (Å²) in [7, 11) is 0. The number of fused-ring (bicyclic) bond motifs is 1. The van der Waals surface area contributed by atoms with E-state index in [2.05, 4.69) is 15.4 Å². The summed E-state index contributed by atoms with van der Waals surface area (Å²) in [5.74, 6) is -0.106. The number of nitrogens with one attached hydrogen (secondary N) is 2. The maximum atomic E-state index is 12.2. The third-order valence-corrected chi connectivity index (χ3v) is 4.00. The number of aromatic nitrogens is 3. The molecule has 1 aromatic carbocycles. The van der Waals surface area contributed by atoms with Gasteiger partial charge in [0, 0.05) is 34.7 Å². The Balaban J connectivity index is 1.55. The van der Waals surface area contributed by atoms with Crippen LogP contribution in [-0.2, 0) is 6.54 Å². The largest absolute Gasteiger partial charge is 0.351 e. The van der Waals surface area contributed by atoms with E-state index in [1.165, 1.54) is 0 Å². The Morgan fingerprint density at radius 1 is 1.30 bits per heavy atom. The van der Waals surface area contributed by atoms with Crippen molar-refractivity contribution in [2.75, 3.05) is 6.54 Å². The van der Waals surface area contributed by atoms with E-state index in [0.29, 0.717) is 17.3 Å². The molecule has 0 saturated carbocycles. The number of halogens is 1. The highest BCUT2D eigenvalue weighted by Gasteiger charge is 2.09. The van der Waals surface area contributed by atoms with Gasteiger partial charge in [-0.15, -0.1) is 0 Å². The van der Waals surface area contributed by atoms with Crippen molar-refractivity contribution < 1.29 is 4.79 Å². The topological polar surface area (TPSA) is 62.7 Å². The van der Waals surface area contributed by atoms with Crippen LogP contribution in [0.3, 0.4) is 0 Å². The number of aromatic amines is 1. The molecule has 2 N–H and O–H groups in total. The van der Waals surface area contributed by atoms with Gasteiger partial charge in [0.15, 0.2) is 0 Å². The maximum absolute atomic E-state index is 12.2. The lowest BCUT2D eigenvalue weighted by atomic mass is 10.2. The molecule has 0 bridgehead atoms. The van der Waals surface area contributed by atoms with Crippen molar-refractivity contribution >= 4 is 28.4 Å². The van der Waals surface area contributed by atoms with Gasteiger partial charge in [0.25, 0.3) is 5.91 Å². The summed E-state index contributed by atoms with van der Waals surface area (Å²) in [5.41, 5.74) is 3.61. The van der Waals surface area contributed by atoms with Crippen LogP contribution in [0.5, 0.6) is 0 Å². The minimum absolute atomic E-state index is 0.106. The van der Waals surface area contributed by atoms with Gasteiger partial charge in [0.2, 0.25) is 0 Å². The quantitative estimate of drug-likeness (QED) is 0.704. The SMILES string of the molecule is Cc1cc(C)n(CCCNC(=O)c2cc3cc(Cl)ccc3[nH]2)n1. The van der Waals surface area contributed by atoms with Crippen LogP contribution in [0.25, 0.3) is 10.9 Å². The van der Waals surface area contributed by atoms with Crippen LogP contribution in [0.1, 0.15) is 28.3 Å². The summed E-state index contributed by atoms with van der Waals surface area (Å²) in [6.45, 7) is 5.41. The third-order valence-electron chi connectivity index (χ3n) is 3.76. The highest BCUT2D eigenvalue weighted by atomic mass is 35.5. The van der Waals surface area contributed by atoms with Crippen LogP contribution < -0.4 is 5.32 Å². The Morgan fingerprint density at radius 2 is 2.13 bits per heavy atom. The average molecular weight is 331 g/mol. The van der Waals surface area contributed by atoms with E-state index in [-0.39, 0.29) is 5.91 Å². The molecule has 6 heteroatoms. The summed E-state index contributed by atoms with van der Waals surface area (Å²) in [5, 5.41) is 8.93.